The topological polar surface area (TPSA) is 53.9 Å². The smallest absolute Gasteiger partial charge is 0.219 e. The monoisotopic (exact) mass is 285 g/mol. The number of unbranched alkanes of at least 4 members (excludes halogenated alkanes) is 2. The van der Waals surface area contributed by atoms with Crippen molar-refractivity contribution >= 4 is 11.6 Å². The molecule has 0 aliphatic heterocycles. The minimum absolute atomic E-state index is 0.157. The second kappa shape index (κ2) is 12.9. The predicted octanol–water partition coefficient (Wildman–Crippen LogP) is 2.42. The Morgan fingerprint density at radius 3 is 2.55 bits per heavy atom. The van der Waals surface area contributed by atoms with E-state index in [4.69, 9.17) is 4.84 Å². The van der Waals surface area contributed by atoms with E-state index in [-0.39, 0.29) is 5.91 Å². The van der Waals surface area contributed by atoms with Gasteiger partial charge in [0.1, 0.15) is 6.61 Å². The Labute approximate surface area is 123 Å². The van der Waals surface area contributed by atoms with E-state index >= 15 is 0 Å². The molecule has 0 aliphatic carbocycles. The molecular formula is C15H31N3O2. The lowest BCUT2D eigenvalue weighted by molar-refractivity contribution is -0.121. The van der Waals surface area contributed by atoms with Crippen LogP contribution in [0.1, 0.15) is 52.4 Å². The van der Waals surface area contributed by atoms with Crippen molar-refractivity contribution in [3.05, 3.63) is 0 Å². The summed E-state index contributed by atoms with van der Waals surface area (Å²) in [6.45, 7) is 6.39. The first kappa shape index (κ1) is 18.9. The molecule has 0 aromatic heterocycles. The summed E-state index contributed by atoms with van der Waals surface area (Å²) in [5.74, 6) is 0.157. The number of oxime groups is 1. The van der Waals surface area contributed by atoms with Gasteiger partial charge in [0, 0.05) is 19.5 Å². The van der Waals surface area contributed by atoms with Gasteiger partial charge in [0.05, 0.1) is 5.71 Å². The Morgan fingerprint density at radius 2 is 1.95 bits per heavy atom. The minimum atomic E-state index is 0.157. The maximum absolute atomic E-state index is 11.4. The van der Waals surface area contributed by atoms with Gasteiger partial charge < -0.3 is 15.1 Å². The zero-order valence-electron chi connectivity index (χ0n) is 13.6. The van der Waals surface area contributed by atoms with E-state index in [9.17, 15) is 4.79 Å². The van der Waals surface area contributed by atoms with Crippen molar-refractivity contribution in [2.24, 2.45) is 5.16 Å². The quantitative estimate of drug-likeness (QED) is 0.340. The summed E-state index contributed by atoms with van der Waals surface area (Å²) in [5.41, 5.74) is 1.06. The van der Waals surface area contributed by atoms with Crippen LogP contribution in [0.25, 0.3) is 0 Å². The maximum Gasteiger partial charge on any atom is 0.219 e. The SMILES string of the molecule is CCCNC(=O)CCCCCO/N=C(/CC)CN(C)C. The van der Waals surface area contributed by atoms with E-state index in [1.807, 2.05) is 14.1 Å². The third kappa shape index (κ3) is 12.0. The molecule has 118 valence electrons. The Morgan fingerprint density at radius 1 is 1.20 bits per heavy atom. The Balaban J connectivity index is 3.52. The first-order chi connectivity index (χ1) is 9.60. The molecule has 20 heavy (non-hydrogen) atoms. The summed E-state index contributed by atoms with van der Waals surface area (Å²) in [5, 5.41) is 7.03. The molecule has 0 unspecified atom stereocenters. The fourth-order valence-corrected chi connectivity index (χ4v) is 1.69. The fraction of sp³-hybridized carbons (Fsp3) is 0.867. The van der Waals surface area contributed by atoms with Gasteiger partial charge in [-0.2, -0.15) is 0 Å². The van der Waals surface area contributed by atoms with E-state index in [0.717, 1.165) is 50.9 Å². The average molecular weight is 285 g/mol. The predicted molar refractivity (Wildman–Crippen MR) is 84.0 cm³/mol. The van der Waals surface area contributed by atoms with Crippen LogP contribution in [-0.4, -0.2) is 50.3 Å². The summed E-state index contributed by atoms with van der Waals surface area (Å²) in [6.07, 6.45) is 5.39. The van der Waals surface area contributed by atoms with Crippen LogP contribution in [0.2, 0.25) is 0 Å². The van der Waals surface area contributed by atoms with E-state index in [0.29, 0.717) is 13.0 Å². The van der Waals surface area contributed by atoms with Crippen LogP contribution in [0.3, 0.4) is 0 Å². The third-order valence-corrected chi connectivity index (χ3v) is 2.81. The highest BCUT2D eigenvalue weighted by Crippen LogP contribution is 2.01. The summed E-state index contributed by atoms with van der Waals surface area (Å²) in [7, 11) is 4.05. The number of rotatable bonds is 12. The van der Waals surface area contributed by atoms with Crippen LogP contribution >= 0.6 is 0 Å². The second-order valence-corrected chi connectivity index (χ2v) is 5.24. The van der Waals surface area contributed by atoms with Gasteiger partial charge in [-0.1, -0.05) is 19.0 Å². The molecule has 1 N–H and O–H groups in total. The van der Waals surface area contributed by atoms with Crippen molar-refractivity contribution in [2.75, 3.05) is 33.8 Å². The summed E-state index contributed by atoms with van der Waals surface area (Å²) >= 11 is 0. The molecule has 0 fully saturated rings. The van der Waals surface area contributed by atoms with Crippen LogP contribution in [0.5, 0.6) is 0 Å². The summed E-state index contributed by atoms with van der Waals surface area (Å²) in [4.78, 5) is 18.8. The Kier molecular flexibility index (Phi) is 12.2. The first-order valence-corrected chi connectivity index (χ1v) is 7.69. The summed E-state index contributed by atoms with van der Waals surface area (Å²) < 4.78 is 0. The molecule has 0 saturated carbocycles. The number of carbonyl (C=O) groups excluding carboxylic acids is 1. The molecule has 0 aromatic rings. The van der Waals surface area contributed by atoms with Gasteiger partial charge in [-0.3, -0.25) is 4.79 Å². The fourth-order valence-electron chi connectivity index (χ4n) is 1.69. The molecule has 5 heteroatoms. The number of amides is 1. The molecule has 1 amide bonds. The van der Waals surface area contributed by atoms with Gasteiger partial charge in [0.2, 0.25) is 5.91 Å². The molecule has 0 atom stereocenters. The minimum Gasteiger partial charge on any atom is -0.396 e. The summed E-state index contributed by atoms with van der Waals surface area (Å²) in [6, 6.07) is 0. The molecular weight excluding hydrogens is 254 g/mol. The largest absolute Gasteiger partial charge is 0.396 e. The lowest BCUT2D eigenvalue weighted by Crippen LogP contribution is -2.23. The van der Waals surface area contributed by atoms with Crippen LogP contribution in [0.4, 0.5) is 0 Å². The van der Waals surface area contributed by atoms with Crippen LogP contribution < -0.4 is 5.32 Å². The van der Waals surface area contributed by atoms with Crippen LogP contribution in [0.15, 0.2) is 5.16 Å². The van der Waals surface area contributed by atoms with Crippen molar-refractivity contribution in [2.45, 2.75) is 52.4 Å². The van der Waals surface area contributed by atoms with Crippen LogP contribution in [-0.2, 0) is 9.63 Å². The number of nitrogens with zero attached hydrogens (tertiary/aromatic N) is 2. The average Bonchev–Trinajstić information content (AvgIpc) is 2.42. The molecule has 0 heterocycles. The molecule has 0 rings (SSSR count). The normalized spacial score (nSPS) is 11.8. The highest BCUT2D eigenvalue weighted by atomic mass is 16.6. The maximum atomic E-state index is 11.4. The number of hydrogen-bond donors (Lipinski definition) is 1. The lowest BCUT2D eigenvalue weighted by Gasteiger charge is -2.10. The molecule has 0 spiro atoms. The Bertz CT molecular complexity index is 278. The molecule has 0 bridgehead atoms. The molecule has 0 aromatic carbocycles. The number of carbonyl (C=O) groups is 1. The van der Waals surface area contributed by atoms with Gasteiger partial charge in [-0.25, -0.2) is 0 Å². The van der Waals surface area contributed by atoms with Crippen LogP contribution in [0, 0.1) is 0 Å². The van der Waals surface area contributed by atoms with Gasteiger partial charge in [-0.15, -0.1) is 0 Å². The number of hydrogen-bond acceptors (Lipinski definition) is 4. The van der Waals surface area contributed by atoms with Gasteiger partial charge in [0.25, 0.3) is 0 Å². The third-order valence-electron chi connectivity index (χ3n) is 2.81. The first-order valence-electron chi connectivity index (χ1n) is 7.69. The second-order valence-electron chi connectivity index (χ2n) is 5.24. The van der Waals surface area contributed by atoms with Crippen molar-refractivity contribution < 1.29 is 9.63 Å². The molecule has 0 saturated heterocycles. The van der Waals surface area contributed by atoms with E-state index in [1.54, 1.807) is 0 Å². The van der Waals surface area contributed by atoms with Gasteiger partial charge in [-0.05, 0) is 46.2 Å². The van der Waals surface area contributed by atoms with Crippen molar-refractivity contribution in [1.29, 1.82) is 0 Å². The van der Waals surface area contributed by atoms with E-state index < -0.39 is 0 Å². The zero-order chi connectivity index (χ0) is 15.2. The molecule has 0 aliphatic rings. The van der Waals surface area contributed by atoms with Crippen molar-refractivity contribution in [1.82, 2.24) is 10.2 Å². The standard InChI is InChI=1S/C15H31N3O2/c1-5-11-16-15(19)10-8-7-9-12-20-17-14(6-2)13-18(3)4/h5-13H2,1-4H3,(H,16,19)/b17-14-. The van der Waals surface area contributed by atoms with Gasteiger partial charge in [0.15, 0.2) is 0 Å². The molecule has 0 radical (unpaired) electrons. The van der Waals surface area contributed by atoms with E-state index in [2.05, 4.69) is 29.2 Å². The van der Waals surface area contributed by atoms with Crippen molar-refractivity contribution in [3.63, 3.8) is 0 Å². The van der Waals surface area contributed by atoms with E-state index in [1.165, 1.54) is 0 Å². The lowest BCUT2D eigenvalue weighted by atomic mass is 10.2. The van der Waals surface area contributed by atoms with Gasteiger partial charge >= 0.3 is 0 Å². The zero-order valence-corrected chi connectivity index (χ0v) is 13.6. The molecule has 5 nitrogen and oxygen atoms in total. The number of nitrogens with one attached hydrogen (secondary N) is 1. The highest BCUT2D eigenvalue weighted by molar-refractivity contribution is 5.85. The highest BCUT2D eigenvalue weighted by Gasteiger charge is 2.01. The van der Waals surface area contributed by atoms with Crippen molar-refractivity contribution in [3.8, 4) is 0 Å². The Hall–Kier alpha value is -1.10.